The van der Waals surface area contributed by atoms with Gasteiger partial charge in [0.15, 0.2) is 5.96 Å². The molecule has 0 saturated carbocycles. The average molecular weight is 290 g/mol. The van der Waals surface area contributed by atoms with E-state index in [4.69, 9.17) is 17.2 Å². The van der Waals surface area contributed by atoms with E-state index in [0.717, 1.165) is 16.8 Å². The number of nitrogens with one attached hydrogen (secondary N) is 1. The Morgan fingerprint density at radius 2 is 2.15 bits per heavy atom. The van der Waals surface area contributed by atoms with Crippen LogP contribution >= 0.6 is 11.3 Å². The summed E-state index contributed by atoms with van der Waals surface area (Å²) in [6.45, 7) is 0.369. The number of rotatable bonds is 4. The van der Waals surface area contributed by atoms with Gasteiger partial charge in [-0.15, -0.1) is 11.3 Å². The molecule has 7 nitrogen and oxygen atoms in total. The van der Waals surface area contributed by atoms with Crippen molar-refractivity contribution in [1.29, 1.82) is 0 Å². The highest BCUT2D eigenvalue weighted by atomic mass is 32.1. The van der Waals surface area contributed by atoms with Crippen molar-refractivity contribution in [2.75, 3.05) is 0 Å². The number of urea groups is 1. The molecule has 20 heavy (non-hydrogen) atoms. The summed E-state index contributed by atoms with van der Waals surface area (Å²) in [6, 6.07) is 7.06. The van der Waals surface area contributed by atoms with Gasteiger partial charge in [0.2, 0.25) is 5.13 Å². The molecule has 0 aliphatic carbocycles. The SMILES string of the molecule is NC(=O)NCc1cccc(-c2csc(N=C(N)N)n2)c1. The number of primary amides is 1. The minimum absolute atomic E-state index is 0.0229. The number of nitrogens with two attached hydrogens (primary N) is 3. The Morgan fingerprint density at radius 1 is 1.35 bits per heavy atom. The first-order chi connectivity index (χ1) is 9.54. The fourth-order valence-corrected chi connectivity index (χ4v) is 2.30. The number of carbonyl (C=O) groups excluding carboxylic acids is 1. The molecule has 0 spiro atoms. The van der Waals surface area contributed by atoms with Crippen molar-refractivity contribution in [1.82, 2.24) is 10.3 Å². The Hall–Kier alpha value is -2.61. The molecule has 2 amide bonds. The zero-order valence-corrected chi connectivity index (χ0v) is 11.4. The number of nitrogens with zero attached hydrogens (tertiary/aromatic N) is 2. The molecular weight excluding hydrogens is 276 g/mol. The summed E-state index contributed by atoms with van der Waals surface area (Å²) in [5.41, 5.74) is 18.3. The van der Waals surface area contributed by atoms with Gasteiger partial charge < -0.3 is 22.5 Å². The zero-order valence-electron chi connectivity index (χ0n) is 10.5. The van der Waals surface area contributed by atoms with E-state index in [-0.39, 0.29) is 5.96 Å². The van der Waals surface area contributed by atoms with Gasteiger partial charge in [-0.1, -0.05) is 18.2 Å². The number of hydrogen-bond acceptors (Lipinski definition) is 4. The Bertz CT molecular complexity index is 647. The molecule has 104 valence electrons. The smallest absolute Gasteiger partial charge is 0.312 e. The summed E-state index contributed by atoms with van der Waals surface area (Å²) in [5.74, 6) is -0.0229. The Balaban J connectivity index is 2.20. The standard InChI is InChI=1S/C12H14N6OS/c13-10(14)18-12-17-9(6-20-12)8-3-1-2-7(4-8)5-16-11(15)19/h1-4,6H,5H2,(H3,15,16,19)(H4,13,14,17,18). The van der Waals surface area contributed by atoms with Gasteiger partial charge in [-0.25, -0.2) is 9.78 Å². The van der Waals surface area contributed by atoms with Crippen LogP contribution in [0.1, 0.15) is 5.56 Å². The van der Waals surface area contributed by atoms with E-state index in [1.54, 1.807) is 0 Å². The molecule has 1 aromatic carbocycles. The van der Waals surface area contributed by atoms with Gasteiger partial charge in [0.05, 0.1) is 5.69 Å². The third kappa shape index (κ3) is 3.69. The first-order valence-electron chi connectivity index (χ1n) is 5.72. The van der Waals surface area contributed by atoms with E-state index in [1.165, 1.54) is 11.3 Å². The summed E-state index contributed by atoms with van der Waals surface area (Å²) in [7, 11) is 0. The summed E-state index contributed by atoms with van der Waals surface area (Å²) in [6.07, 6.45) is 0. The maximum Gasteiger partial charge on any atom is 0.312 e. The second kappa shape index (κ2) is 6.02. The summed E-state index contributed by atoms with van der Waals surface area (Å²) >= 11 is 1.35. The first kappa shape index (κ1) is 13.8. The Labute approximate surface area is 119 Å². The van der Waals surface area contributed by atoms with Crippen LogP contribution in [0, 0.1) is 0 Å². The molecule has 0 radical (unpaired) electrons. The number of hydrogen-bond donors (Lipinski definition) is 4. The fourth-order valence-electron chi connectivity index (χ4n) is 1.59. The number of carbonyl (C=O) groups is 1. The van der Waals surface area contributed by atoms with E-state index in [0.29, 0.717) is 11.7 Å². The van der Waals surface area contributed by atoms with Gasteiger partial charge in [0.1, 0.15) is 0 Å². The molecule has 2 aromatic rings. The lowest BCUT2D eigenvalue weighted by molar-refractivity contribution is 0.248. The predicted octanol–water partition coefficient (Wildman–Crippen LogP) is 0.883. The number of aliphatic imine (C=N–C) groups is 1. The fraction of sp³-hybridized carbons (Fsp3) is 0.0833. The molecular formula is C12H14N6OS. The van der Waals surface area contributed by atoms with E-state index in [2.05, 4.69) is 15.3 Å². The lowest BCUT2D eigenvalue weighted by Gasteiger charge is -2.04. The lowest BCUT2D eigenvalue weighted by Crippen LogP contribution is -2.28. The Kier molecular flexibility index (Phi) is 4.16. The average Bonchev–Trinajstić information content (AvgIpc) is 2.84. The molecule has 8 heteroatoms. The van der Waals surface area contributed by atoms with Gasteiger partial charge >= 0.3 is 6.03 Å². The highest BCUT2D eigenvalue weighted by molar-refractivity contribution is 7.13. The summed E-state index contributed by atoms with van der Waals surface area (Å²) in [5, 5.41) is 4.90. The molecule has 0 aliphatic heterocycles. The van der Waals surface area contributed by atoms with Crippen molar-refractivity contribution in [2.45, 2.75) is 6.54 Å². The zero-order chi connectivity index (χ0) is 14.5. The van der Waals surface area contributed by atoms with Crippen LogP contribution in [0.25, 0.3) is 11.3 Å². The molecule has 0 saturated heterocycles. The van der Waals surface area contributed by atoms with Gasteiger partial charge in [0, 0.05) is 17.5 Å². The topological polar surface area (TPSA) is 132 Å². The van der Waals surface area contributed by atoms with Crippen LogP contribution in [0.5, 0.6) is 0 Å². The van der Waals surface area contributed by atoms with Crippen molar-refractivity contribution < 1.29 is 4.79 Å². The van der Waals surface area contributed by atoms with Crippen LogP contribution in [0.15, 0.2) is 34.6 Å². The largest absolute Gasteiger partial charge is 0.370 e. The van der Waals surface area contributed by atoms with Gasteiger partial charge in [-0.3, -0.25) is 0 Å². The van der Waals surface area contributed by atoms with Crippen LogP contribution < -0.4 is 22.5 Å². The number of thiazole rings is 1. The lowest BCUT2D eigenvalue weighted by atomic mass is 10.1. The van der Waals surface area contributed by atoms with Crippen LogP contribution in [0.2, 0.25) is 0 Å². The number of guanidine groups is 1. The molecule has 0 fully saturated rings. The maximum atomic E-state index is 10.7. The van der Waals surface area contributed by atoms with Crippen molar-refractivity contribution in [2.24, 2.45) is 22.2 Å². The molecule has 0 unspecified atom stereocenters. The maximum absolute atomic E-state index is 10.7. The number of aromatic nitrogens is 1. The molecule has 0 bridgehead atoms. The third-order valence-corrected chi connectivity index (χ3v) is 3.14. The van der Waals surface area contributed by atoms with Crippen molar-refractivity contribution >= 4 is 28.5 Å². The van der Waals surface area contributed by atoms with Crippen molar-refractivity contribution in [3.05, 3.63) is 35.2 Å². The van der Waals surface area contributed by atoms with Crippen LogP contribution in [-0.4, -0.2) is 17.0 Å². The summed E-state index contributed by atoms with van der Waals surface area (Å²) in [4.78, 5) is 18.9. The molecule has 0 aliphatic rings. The normalized spacial score (nSPS) is 10.0. The third-order valence-electron chi connectivity index (χ3n) is 2.41. The van der Waals surface area contributed by atoms with E-state index < -0.39 is 6.03 Å². The molecule has 1 aromatic heterocycles. The van der Waals surface area contributed by atoms with Crippen LogP contribution in [0.3, 0.4) is 0 Å². The number of amides is 2. The minimum Gasteiger partial charge on any atom is -0.370 e. The predicted molar refractivity (Wildman–Crippen MR) is 79.4 cm³/mol. The molecule has 2 rings (SSSR count). The molecule has 0 atom stereocenters. The second-order valence-electron chi connectivity index (χ2n) is 3.97. The van der Waals surface area contributed by atoms with E-state index in [9.17, 15) is 4.79 Å². The first-order valence-corrected chi connectivity index (χ1v) is 6.60. The van der Waals surface area contributed by atoms with Gasteiger partial charge in [0.25, 0.3) is 0 Å². The second-order valence-corrected chi connectivity index (χ2v) is 4.81. The summed E-state index contributed by atoms with van der Waals surface area (Å²) < 4.78 is 0. The molecule has 1 heterocycles. The molecule has 7 N–H and O–H groups in total. The van der Waals surface area contributed by atoms with Crippen LogP contribution in [0.4, 0.5) is 9.93 Å². The van der Waals surface area contributed by atoms with Crippen molar-refractivity contribution in [3.63, 3.8) is 0 Å². The van der Waals surface area contributed by atoms with Gasteiger partial charge in [-0.2, -0.15) is 4.99 Å². The quantitative estimate of drug-likeness (QED) is 0.491. The van der Waals surface area contributed by atoms with Crippen molar-refractivity contribution in [3.8, 4) is 11.3 Å². The monoisotopic (exact) mass is 290 g/mol. The Morgan fingerprint density at radius 3 is 2.85 bits per heavy atom. The van der Waals surface area contributed by atoms with E-state index >= 15 is 0 Å². The highest BCUT2D eigenvalue weighted by Crippen LogP contribution is 2.27. The van der Waals surface area contributed by atoms with Crippen LogP contribution in [-0.2, 0) is 6.54 Å². The number of benzene rings is 1. The van der Waals surface area contributed by atoms with Gasteiger partial charge in [-0.05, 0) is 11.6 Å². The van der Waals surface area contributed by atoms with E-state index in [1.807, 2.05) is 29.6 Å². The highest BCUT2D eigenvalue weighted by Gasteiger charge is 2.05. The minimum atomic E-state index is -0.556.